The highest BCUT2D eigenvalue weighted by Crippen LogP contribution is 2.20. The standard InChI is InChI=1S/C18H18F2N2O4S/c1-12(23)13-4-3-5-15(10-13)22(27(2,25)26)9-8-18(24)21-14-6-7-16(19)17(20)11-14/h3-7,10-11H,8-9H2,1-2H3,(H,21,24). The van der Waals surface area contributed by atoms with E-state index in [1.54, 1.807) is 12.1 Å². The number of sulfonamides is 1. The molecular formula is C18H18F2N2O4S. The number of hydrogen-bond acceptors (Lipinski definition) is 4. The van der Waals surface area contributed by atoms with Gasteiger partial charge in [-0.15, -0.1) is 0 Å². The van der Waals surface area contributed by atoms with E-state index in [4.69, 9.17) is 0 Å². The van der Waals surface area contributed by atoms with Gasteiger partial charge in [-0.1, -0.05) is 12.1 Å². The van der Waals surface area contributed by atoms with Crippen molar-refractivity contribution >= 4 is 33.1 Å². The SMILES string of the molecule is CC(=O)c1cccc(N(CCC(=O)Nc2ccc(F)c(F)c2)S(C)(=O)=O)c1. The Morgan fingerprint density at radius 1 is 1.07 bits per heavy atom. The van der Waals surface area contributed by atoms with E-state index in [1.807, 2.05) is 0 Å². The van der Waals surface area contributed by atoms with E-state index in [2.05, 4.69) is 5.32 Å². The van der Waals surface area contributed by atoms with Gasteiger partial charge in [0.05, 0.1) is 11.9 Å². The number of carbonyl (C=O) groups excluding carboxylic acids is 2. The van der Waals surface area contributed by atoms with Gasteiger partial charge in [0, 0.05) is 30.3 Å². The van der Waals surface area contributed by atoms with Gasteiger partial charge < -0.3 is 5.32 Å². The molecule has 0 heterocycles. The van der Waals surface area contributed by atoms with Crippen LogP contribution in [0.2, 0.25) is 0 Å². The average molecular weight is 396 g/mol. The number of benzene rings is 2. The number of ketones is 1. The van der Waals surface area contributed by atoms with Crippen molar-refractivity contribution < 1.29 is 26.8 Å². The summed E-state index contributed by atoms with van der Waals surface area (Å²) in [6.45, 7) is 1.18. The molecule has 0 saturated heterocycles. The maximum atomic E-state index is 13.2. The van der Waals surface area contributed by atoms with Crippen molar-refractivity contribution in [3.8, 4) is 0 Å². The van der Waals surface area contributed by atoms with Crippen molar-refractivity contribution in [3.63, 3.8) is 0 Å². The first-order valence-corrected chi connectivity index (χ1v) is 9.76. The first-order chi connectivity index (χ1) is 12.6. The topological polar surface area (TPSA) is 83.6 Å². The van der Waals surface area contributed by atoms with Crippen molar-refractivity contribution in [1.29, 1.82) is 0 Å². The first kappa shape index (κ1) is 20.5. The van der Waals surface area contributed by atoms with E-state index >= 15 is 0 Å². The highest BCUT2D eigenvalue weighted by atomic mass is 32.2. The summed E-state index contributed by atoms with van der Waals surface area (Å²) >= 11 is 0. The Morgan fingerprint density at radius 3 is 2.37 bits per heavy atom. The van der Waals surface area contributed by atoms with Crippen LogP contribution in [0.25, 0.3) is 0 Å². The lowest BCUT2D eigenvalue weighted by molar-refractivity contribution is -0.116. The summed E-state index contributed by atoms with van der Waals surface area (Å²) in [5.74, 6) is -2.94. The van der Waals surface area contributed by atoms with Gasteiger partial charge in [-0.2, -0.15) is 0 Å². The van der Waals surface area contributed by atoms with Crippen LogP contribution >= 0.6 is 0 Å². The zero-order valence-electron chi connectivity index (χ0n) is 14.7. The summed E-state index contributed by atoms with van der Waals surface area (Å²) in [5, 5.41) is 2.38. The Morgan fingerprint density at radius 2 is 1.78 bits per heavy atom. The molecule has 1 amide bonds. The molecule has 0 bridgehead atoms. The second kappa shape index (κ2) is 8.26. The molecule has 0 saturated carbocycles. The highest BCUT2D eigenvalue weighted by Gasteiger charge is 2.19. The van der Waals surface area contributed by atoms with Gasteiger partial charge in [0.25, 0.3) is 0 Å². The minimum absolute atomic E-state index is 0.0587. The second-order valence-corrected chi connectivity index (χ2v) is 7.78. The predicted octanol–water partition coefficient (Wildman–Crippen LogP) is 2.96. The molecule has 0 spiro atoms. The number of rotatable bonds is 7. The number of hydrogen-bond donors (Lipinski definition) is 1. The predicted molar refractivity (Wildman–Crippen MR) is 98.2 cm³/mol. The zero-order valence-corrected chi connectivity index (χ0v) is 15.5. The summed E-state index contributed by atoms with van der Waals surface area (Å²) in [5.41, 5.74) is 0.654. The fourth-order valence-corrected chi connectivity index (χ4v) is 3.29. The largest absolute Gasteiger partial charge is 0.326 e. The molecule has 0 aliphatic carbocycles. The monoisotopic (exact) mass is 396 g/mol. The number of Topliss-reactive ketones (excluding diaryl/α,β-unsaturated/α-hetero) is 1. The molecule has 6 nitrogen and oxygen atoms in total. The van der Waals surface area contributed by atoms with E-state index in [-0.39, 0.29) is 30.1 Å². The van der Waals surface area contributed by atoms with E-state index in [0.29, 0.717) is 5.56 Å². The number of nitrogens with one attached hydrogen (secondary N) is 1. The fourth-order valence-electron chi connectivity index (χ4n) is 2.37. The Bertz CT molecular complexity index is 977. The number of carbonyl (C=O) groups is 2. The van der Waals surface area contributed by atoms with Gasteiger partial charge in [-0.3, -0.25) is 13.9 Å². The normalized spacial score (nSPS) is 11.1. The van der Waals surface area contributed by atoms with Crippen LogP contribution in [0.3, 0.4) is 0 Å². The molecule has 1 N–H and O–H groups in total. The molecule has 0 fully saturated rings. The zero-order chi connectivity index (χ0) is 20.2. The van der Waals surface area contributed by atoms with Crippen LogP contribution in [0.5, 0.6) is 0 Å². The van der Waals surface area contributed by atoms with E-state index < -0.39 is 27.6 Å². The number of amides is 1. The summed E-state index contributed by atoms with van der Waals surface area (Å²) in [6, 6.07) is 8.95. The van der Waals surface area contributed by atoms with Gasteiger partial charge in [0.2, 0.25) is 15.9 Å². The van der Waals surface area contributed by atoms with Gasteiger partial charge in [0.15, 0.2) is 17.4 Å². The fraction of sp³-hybridized carbons (Fsp3) is 0.222. The molecule has 0 unspecified atom stereocenters. The van der Waals surface area contributed by atoms with Crippen LogP contribution in [0.15, 0.2) is 42.5 Å². The summed E-state index contributed by atoms with van der Waals surface area (Å²) < 4.78 is 51.3. The molecule has 0 aliphatic heterocycles. The van der Waals surface area contributed by atoms with E-state index in [1.165, 1.54) is 25.1 Å². The third-order valence-electron chi connectivity index (χ3n) is 3.69. The summed E-state index contributed by atoms with van der Waals surface area (Å²) in [6.07, 6.45) is 0.761. The van der Waals surface area contributed by atoms with Gasteiger partial charge in [-0.25, -0.2) is 17.2 Å². The van der Waals surface area contributed by atoms with Crippen LogP contribution in [0.4, 0.5) is 20.2 Å². The molecule has 0 radical (unpaired) electrons. The van der Waals surface area contributed by atoms with Crippen LogP contribution in [0, 0.1) is 11.6 Å². The summed E-state index contributed by atoms with van der Waals surface area (Å²) in [7, 11) is -3.71. The van der Waals surface area contributed by atoms with Crippen LogP contribution in [-0.4, -0.2) is 32.9 Å². The van der Waals surface area contributed by atoms with E-state index in [0.717, 1.165) is 22.7 Å². The quantitative estimate of drug-likeness (QED) is 0.730. The molecule has 9 heteroatoms. The summed E-state index contributed by atoms with van der Waals surface area (Å²) in [4.78, 5) is 23.5. The molecular weight excluding hydrogens is 378 g/mol. The minimum Gasteiger partial charge on any atom is -0.326 e. The van der Waals surface area contributed by atoms with Crippen LogP contribution in [-0.2, 0) is 14.8 Å². The van der Waals surface area contributed by atoms with Gasteiger partial charge >= 0.3 is 0 Å². The minimum atomic E-state index is -3.71. The highest BCUT2D eigenvalue weighted by molar-refractivity contribution is 7.92. The number of nitrogens with zero attached hydrogens (tertiary/aromatic N) is 1. The van der Waals surface area contributed by atoms with E-state index in [9.17, 15) is 26.8 Å². The third-order valence-corrected chi connectivity index (χ3v) is 4.88. The molecule has 27 heavy (non-hydrogen) atoms. The molecule has 2 aromatic rings. The molecule has 2 rings (SSSR count). The average Bonchev–Trinajstić information content (AvgIpc) is 2.57. The van der Waals surface area contributed by atoms with Crippen LogP contribution < -0.4 is 9.62 Å². The lowest BCUT2D eigenvalue weighted by Gasteiger charge is -2.22. The van der Waals surface area contributed by atoms with Crippen molar-refractivity contribution in [2.24, 2.45) is 0 Å². The van der Waals surface area contributed by atoms with Crippen molar-refractivity contribution in [2.75, 3.05) is 22.4 Å². The Hall–Kier alpha value is -2.81. The van der Waals surface area contributed by atoms with Crippen molar-refractivity contribution in [2.45, 2.75) is 13.3 Å². The Labute approximate surface area is 155 Å². The second-order valence-electron chi connectivity index (χ2n) is 5.87. The molecule has 144 valence electrons. The third kappa shape index (κ3) is 5.58. The Balaban J connectivity index is 2.13. The van der Waals surface area contributed by atoms with Gasteiger partial charge in [0.1, 0.15) is 0 Å². The Kier molecular flexibility index (Phi) is 6.27. The number of anilines is 2. The van der Waals surface area contributed by atoms with Crippen molar-refractivity contribution in [3.05, 3.63) is 59.7 Å². The lowest BCUT2D eigenvalue weighted by atomic mass is 10.1. The van der Waals surface area contributed by atoms with Crippen LogP contribution in [0.1, 0.15) is 23.7 Å². The maximum Gasteiger partial charge on any atom is 0.232 e. The lowest BCUT2D eigenvalue weighted by Crippen LogP contribution is -2.33. The molecule has 0 atom stereocenters. The number of halogens is 2. The molecule has 0 aromatic heterocycles. The maximum absolute atomic E-state index is 13.2. The molecule has 0 aliphatic rings. The first-order valence-electron chi connectivity index (χ1n) is 7.91. The van der Waals surface area contributed by atoms with Crippen molar-refractivity contribution in [1.82, 2.24) is 0 Å². The van der Waals surface area contributed by atoms with Gasteiger partial charge in [-0.05, 0) is 31.2 Å². The molecule has 2 aromatic carbocycles. The smallest absolute Gasteiger partial charge is 0.232 e.